The highest BCUT2D eigenvalue weighted by Gasteiger charge is 2.07. The van der Waals surface area contributed by atoms with E-state index in [4.69, 9.17) is 0 Å². The minimum atomic E-state index is 0.710. The Bertz CT molecular complexity index is 690. The van der Waals surface area contributed by atoms with Crippen LogP contribution in [0.4, 0.5) is 5.82 Å². The molecule has 96 valence electrons. The van der Waals surface area contributed by atoms with E-state index in [0.29, 0.717) is 5.82 Å². The average Bonchev–Trinajstić information content (AvgIpc) is 2.89. The molecule has 0 radical (unpaired) electrons. The van der Waals surface area contributed by atoms with Crippen LogP contribution in [0.15, 0.2) is 36.7 Å². The summed E-state index contributed by atoms with van der Waals surface area (Å²) in [5.41, 5.74) is 1.78. The first-order valence-corrected chi connectivity index (χ1v) is 6.25. The highest BCUT2D eigenvalue weighted by molar-refractivity contribution is 5.75. The quantitative estimate of drug-likeness (QED) is 0.771. The van der Waals surface area contributed by atoms with Crippen LogP contribution in [0.1, 0.15) is 13.3 Å². The molecule has 3 aromatic rings. The van der Waals surface area contributed by atoms with Gasteiger partial charge in [0.15, 0.2) is 5.82 Å². The van der Waals surface area contributed by atoms with Crippen molar-refractivity contribution in [2.24, 2.45) is 0 Å². The molecule has 0 aliphatic heterocycles. The summed E-state index contributed by atoms with van der Waals surface area (Å²) in [6, 6.07) is 9.67. The first kappa shape index (κ1) is 11.6. The van der Waals surface area contributed by atoms with Crippen LogP contribution in [0.2, 0.25) is 0 Å². The molecule has 3 rings (SSSR count). The maximum atomic E-state index is 4.25. The topological polar surface area (TPSA) is 68.5 Å². The standard InChI is InChI=1S/C13H14N6/c1-2-7-14-12-8-13(16-9-15-12)19-11-6-4-3-5-10(11)17-18-19/h3-6,8-9H,2,7H2,1H3,(H,14,15,16). The van der Waals surface area contributed by atoms with Crippen LogP contribution in [0.5, 0.6) is 0 Å². The Labute approximate surface area is 110 Å². The molecule has 0 unspecified atom stereocenters. The molecule has 0 atom stereocenters. The molecular formula is C13H14N6. The Hall–Kier alpha value is -2.50. The average molecular weight is 254 g/mol. The summed E-state index contributed by atoms with van der Waals surface area (Å²) in [5, 5.41) is 11.5. The molecule has 0 fully saturated rings. The van der Waals surface area contributed by atoms with Crippen LogP contribution in [-0.4, -0.2) is 31.5 Å². The fourth-order valence-electron chi connectivity index (χ4n) is 1.85. The molecule has 2 aromatic heterocycles. The molecule has 0 aliphatic rings. The second-order valence-corrected chi connectivity index (χ2v) is 4.18. The van der Waals surface area contributed by atoms with Crippen LogP contribution in [-0.2, 0) is 0 Å². The van der Waals surface area contributed by atoms with E-state index in [0.717, 1.165) is 29.8 Å². The predicted molar refractivity (Wildman–Crippen MR) is 73.2 cm³/mol. The Balaban J connectivity index is 2.01. The summed E-state index contributed by atoms with van der Waals surface area (Å²) in [6.45, 7) is 2.99. The van der Waals surface area contributed by atoms with Gasteiger partial charge in [-0.05, 0) is 18.6 Å². The van der Waals surface area contributed by atoms with Gasteiger partial charge in [-0.25, -0.2) is 9.97 Å². The van der Waals surface area contributed by atoms with Crippen LogP contribution < -0.4 is 5.32 Å². The zero-order valence-corrected chi connectivity index (χ0v) is 10.6. The van der Waals surface area contributed by atoms with E-state index in [9.17, 15) is 0 Å². The molecule has 6 heteroatoms. The molecule has 0 spiro atoms. The van der Waals surface area contributed by atoms with Crippen molar-refractivity contribution in [2.75, 3.05) is 11.9 Å². The second-order valence-electron chi connectivity index (χ2n) is 4.18. The van der Waals surface area contributed by atoms with E-state index in [1.807, 2.05) is 30.3 Å². The SMILES string of the molecule is CCCNc1cc(-n2nnc3ccccc32)ncn1. The third-order valence-corrected chi connectivity index (χ3v) is 2.78. The molecule has 0 saturated carbocycles. The lowest BCUT2D eigenvalue weighted by Gasteiger charge is -2.05. The molecule has 0 bridgehead atoms. The molecule has 19 heavy (non-hydrogen) atoms. The van der Waals surface area contributed by atoms with Gasteiger partial charge in [-0.2, -0.15) is 4.68 Å². The number of rotatable bonds is 4. The van der Waals surface area contributed by atoms with Crippen molar-refractivity contribution < 1.29 is 0 Å². The number of aromatic nitrogens is 5. The molecular weight excluding hydrogens is 240 g/mol. The number of nitrogens with one attached hydrogen (secondary N) is 1. The fraction of sp³-hybridized carbons (Fsp3) is 0.231. The van der Waals surface area contributed by atoms with Gasteiger partial charge in [0.05, 0.1) is 5.52 Å². The summed E-state index contributed by atoms with van der Waals surface area (Å²) >= 11 is 0. The summed E-state index contributed by atoms with van der Waals surface area (Å²) in [4.78, 5) is 8.43. The zero-order valence-electron chi connectivity index (χ0n) is 10.6. The van der Waals surface area contributed by atoms with Crippen molar-refractivity contribution in [1.82, 2.24) is 25.0 Å². The zero-order chi connectivity index (χ0) is 13.1. The van der Waals surface area contributed by atoms with Gasteiger partial charge in [0.2, 0.25) is 0 Å². The van der Waals surface area contributed by atoms with Gasteiger partial charge in [0.25, 0.3) is 0 Å². The lowest BCUT2D eigenvalue weighted by atomic mass is 10.3. The van der Waals surface area contributed by atoms with Crippen molar-refractivity contribution in [3.63, 3.8) is 0 Å². The Morgan fingerprint density at radius 2 is 2.11 bits per heavy atom. The predicted octanol–water partition coefficient (Wildman–Crippen LogP) is 2.03. The van der Waals surface area contributed by atoms with E-state index in [2.05, 4.69) is 32.5 Å². The van der Waals surface area contributed by atoms with Gasteiger partial charge in [-0.15, -0.1) is 5.10 Å². The van der Waals surface area contributed by atoms with E-state index in [-0.39, 0.29) is 0 Å². The molecule has 1 N–H and O–H groups in total. The van der Waals surface area contributed by atoms with E-state index in [1.54, 1.807) is 4.68 Å². The summed E-state index contributed by atoms with van der Waals surface area (Å²) in [6.07, 6.45) is 2.58. The number of anilines is 1. The molecule has 2 heterocycles. The van der Waals surface area contributed by atoms with Crippen LogP contribution in [0.3, 0.4) is 0 Å². The van der Waals surface area contributed by atoms with Gasteiger partial charge in [0, 0.05) is 12.6 Å². The van der Waals surface area contributed by atoms with Gasteiger partial charge < -0.3 is 5.32 Å². The Morgan fingerprint density at radius 3 is 3.00 bits per heavy atom. The molecule has 0 saturated heterocycles. The summed E-state index contributed by atoms with van der Waals surface area (Å²) in [5.74, 6) is 1.51. The van der Waals surface area contributed by atoms with Crippen LogP contribution >= 0.6 is 0 Å². The Kier molecular flexibility index (Phi) is 3.06. The minimum Gasteiger partial charge on any atom is -0.370 e. The van der Waals surface area contributed by atoms with Crippen molar-refractivity contribution in [3.8, 4) is 5.82 Å². The van der Waals surface area contributed by atoms with Gasteiger partial charge in [-0.3, -0.25) is 0 Å². The Morgan fingerprint density at radius 1 is 1.21 bits per heavy atom. The van der Waals surface area contributed by atoms with E-state index in [1.165, 1.54) is 6.33 Å². The van der Waals surface area contributed by atoms with Crippen molar-refractivity contribution in [3.05, 3.63) is 36.7 Å². The highest BCUT2D eigenvalue weighted by atomic mass is 15.4. The number of nitrogens with zero attached hydrogens (tertiary/aromatic N) is 5. The van der Waals surface area contributed by atoms with Crippen LogP contribution in [0, 0.1) is 0 Å². The molecule has 1 aromatic carbocycles. The lowest BCUT2D eigenvalue weighted by molar-refractivity contribution is 0.796. The van der Waals surface area contributed by atoms with E-state index < -0.39 is 0 Å². The second kappa shape index (κ2) is 5.01. The van der Waals surface area contributed by atoms with Crippen molar-refractivity contribution in [1.29, 1.82) is 0 Å². The minimum absolute atomic E-state index is 0.710. The monoisotopic (exact) mass is 254 g/mol. The fourth-order valence-corrected chi connectivity index (χ4v) is 1.85. The number of hydrogen-bond donors (Lipinski definition) is 1. The highest BCUT2D eigenvalue weighted by Crippen LogP contribution is 2.15. The maximum Gasteiger partial charge on any atom is 0.161 e. The first-order valence-electron chi connectivity index (χ1n) is 6.25. The molecule has 0 aliphatic carbocycles. The number of hydrogen-bond acceptors (Lipinski definition) is 5. The van der Waals surface area contributed by atoms with Gasteiger partial charge in [-0.1, -0.05) is 24.3 Å². The smallest absolute Gasteiger partial charge is 0.161 e. The number of fused-ring (bicyclic) bond motifs is 1. The van der Waals surface area contributed by atoms with Crippen molar-refractivity contribution in [2.45, 2.75) is 13.3 Å². The largest absolute Gasteiger partial charge is 0.370 e. The van der Waals surface area contributed by atoms with Crippen LogP contribution in [0.25, 0.3) is 16.9 Å². The summed E-state index contributed by atoms with van der Waals surface area (Å²) < 4.78 is 1.72. The first-order chi connectivity index (χ1) is 9.38. The number of para-hydroxylation sites is 1. The van der Waals surface area contributed by atoms with Gasteiger partial charge in [0.1, 0.15) is 17.7 Å². The third-order valence-electron chi connectivity index (χ3n) is 2.78. The molecule has 0 amide bonds. The third kappa shape index (κ3) is 2.24. The maximum absolute atomic E-state index is 4.25. The van der Waals surface area contributed by atoms with Crippen molar-refractivity contribution >= 4 is 16.9 Å². The lowest BCUT2D eigenvalue weighted by Crippen LogP contribution is -2.05. The van der Waals surface area contributed by atoms with Gasteiger partial charge >= 0.3 is 0 Å². The summed E-state index contributed by atoms with van der Waals surface area (Å²) in [7, 11) is 0. The number of benzene rings is 1. The van der Waals surface area contributed by atoms with E-state index >= 15 is 0 Å². The molecule has 6 nitrogen and oxygen atoms in total. The normalized spacial score (nSPS) is 10.8.